The van der Waals surface area contributed by atoms with Gasteiger partial charge in [-0.05, 0) is 37.6 Å². The third-order valence-electron chi connectivity index (χ3n) is 3.55. The molecule has 2 aromatic rings. The van der Waals surface area contributed by atoms with Crippen molar-refractivity contribution in [2.24, 2.45) is 0 Å². The van der Waals surface area contributed by atoms with Gasteiger partial charge in [-0.15, -0.1) is 12.4 Å². The standard InChI is InChI=1S/C15H17BrN4O.ClH/c16-12-3-1-5-14(7-12)20-10-11(8-18-20)15(21)19-13-4-2-6-17-9-13;/h1,3,5,7-8,10,13,17H,2,4,6,9H2,(H,19,21);1H/t13-;/m0./s1. The number of amides is 1. The van der Waals surface area contributed by atoms with Crippen molar-refractivity contribution in [2.45, 2.75) is 18.9 Å². The van der Waals surface area contributed by atoms with Gasteiger partial charge >= 0.3 is 0 Å². The maximum atomic E-state index is 12.2. The maximum Gasteiger partial charge on any atom is 0.254 e. The number of piperidine rings is 1. The zero-order chi connectivity index (χ0) is 14.7. The third kappa shape index (κ3) is 4.09. The van der Waals surface area contributed by atoms with E-state index in [1.54, 1.807) is 17.1 Å². The van der Waals surface area contributed by atoms with Crippen molar-refractivity contribution in [1.29, 1.82) is 0 Å². The normalized spacial score (nSPS) is 17.6. The fourth-order valence-corrected chi connectivity index (χ4v) is 2.83. The van der Waals surface area contributed by atoms with Crippen LogP contribution in [-0.4, -0.2) is 34.8 Å². The van der Waals surface area contributed by atoms with Gasteiger partial charge in [0.15, 0.2) is 0 Å². The summed E-state index contributed by atoms with van der Waals surface area (Å²) >= 11 is 3.43. The van der Waals surface area contributed by atoms with Crippen LogP contribution in [0.25, 0.3) is 5.69 Å². The second-order valence-electron chi connectivity index (χ2n) is 5.17. The lowest BCUT2D eigenvalue weighted by atomic mass is 10.1. The number of carbonyl (C=O) groups is 1. The molecule has 5 nitrogen and oxygen atoms in total. The van der Waals surface area contributed by atoms with Crippen LogP contribution in [0.15, 0.2) is 41.1 Å². The number of halogens is 2. The molecule has 7 heteroatoms. The van der Waals surface area contributed by atoms with Crippen LogP contribution in [0.2, 0.25) is 0 Å². The van der Waals surface area contributed by atoms with Crippen molar-refractivity contribution in [3.05, 3.63) is 46.7 Å². The summed E-state index contributed by atoms with van der Waals surface area (Å²) in [6.45, 7) is 1.87. The van der Waals surface area contributed by atoms with E-state index in [1.165, 1.54) is 0 Å². The van der Waals surface area contributed by atoms with Crippen LogP contribution in [0, 0.1) is 0 Å². The Bertz CT molecular complexity index is 640. The molecule has 118 valence electrons. The van der Waals surface area contributed by atoms with E-state index in [4.69, 9.17) is 0 Å². The smallest absolute Gasteiger partial charge is 0.254 e. The Morgan fingerprint density at radius 3 is 3.05 bits per heavy atom. The molecule has 0 bridgehead atoms. The number of benzene rings is 1. The monoisotopic (exact) mass is 384 g/mol. The molecule has 0 spiro atoms. The zero-order valence-electron chi connectivity index (χ0n) is 12.0. The van der Waals surface area contributed by atoms with Gasteiger partial charge in [-0.3, -0.25) is 4.79 Å². The third-order valence-corrected chi connectivity index (χ3v) is 4.04. The molecule has 0 unspecified atom stereocenters. The minimum Gasteiger partial charge on any atom is -0.348 e. The zero-order valence-corrected chi connectivity index (χ0v) is 14.4. The van der Waals surface area contributed by atoms with Crippen molar-refractivity contribution in [1.82, 2.24) is 20.4 Å². The molecule has 0 radical (unpaired) electrons. The van der Waals surface area contributed by atoms with E-state index in [-0.39, 0.29) is 24.4 Å². The Balaban J connectivity index is 0.00000176. The Hall–Kier alpha value is -1.37. The van der Waals surface area contributed by atoms with E-state index in [9.17, 15) is 4.79 Å². The largest absolute Gasteiger partial charge is 0.348 e. The van der Waals surface area contributed by atoms with Crippen LogP contribution in [0.5, 0.6) is 0 Å². The first-order valence-electron chi connectivity index (χ1n) is 7.04. The topological polar surface area (TPSA) is 59.0 Å². The molecule has 1 aromatic heterocycles. The first kappa shape index (κ1) is 17.0. The molecule has 3 rings (SSSR count). The summed E-state index contributed by atoms with van der Waals surface area (Å²) in [5, 5.41) is 10.6. The van der Waals surface area contributed by atoms with Crippen molar-refractivity contribution >= 4 is 34.2 Å². The highest BCUT2D eigenvalue weighted by molar-refractivity contribution is 9.10. The summed E-state index contributed by atoms with van der Waals surface area (Å²) < 4.78 is 2.69. The molecule has 1 saturated heterocycles. The summed E-state index contributed by atoms with van der Waals surface area (Å²) in [6.07, 6.45) is 5.49. The lowest BCUT2D eigenvalue weighted by molar-refractivity contribution is 0.0930. The average molecular weight is 386 g/mol. The maximum absolute atomic E-state index is 12.2. The summed E-state index contributed by atoms with van der Waals surface area (Å²) in [5.41, 5.74) is 1.50. The highest BCUT2D eigenvalue weighted by atomic mass is 79.9. The number of rotatable bonds is 3. The molecule has 1 amide bonds. The summed E-state index contributed by atoms with van der Waals surface area (Å²) in [7, 11) is 0. The van der Waals surface area contributed by atoms with Gasteiger partial charge in [0.05, 0.1) is 17.4 Å². The Morgan fingerprint density at radius 2 is 2.32 bits per heavy atom. The molecule has 1 fully saturated rings. The number of nitrogens with one attached hydrogen (secondary N) is 2. The van der Waals surface area contributed by atoms with Crippen molar-refractivity contribution in [2.75, 3.05) is 13.1 Å². The number of hydrogen-bond acceptors (Lipinski definition) is 3. The van der Waals surface area contributed by atoms with Crippen molar-refractivity contribution in [3.8, 4) is 5.69 Å². The van der Waals surface area contributed by atoms with Gasteiger partial charge in [0.25, 0.3) is 5.91 Å². The SMILES string of the molecule is Cl.O=C(N[C@H]1CCCNC1)c1cnn(-c2cccc(Br)c2)c1. The highest BCUT2D eigenvalue weighted by Crippen LogP contribution is 2.15. The first-order chi connectivity index (χ1) is 10.2. The molecule has 1 aromatic carbocycles. The van der Waals surface area contributed by atoms with Crippen LogP contribution in [-0.2, 0) is 0 Å². The number of hydrogen-bond donors (Lipinski definition) is 2. The van der Waals surface area contributed by atoms with Crippen molar-refractivity contribution < 1.29 is 4.79 Å². The fraction of sp³-hybridized carbons (Fsp3) is 0.333. The molecule has 2 heterocycles. The molecule has 1 aliphatic rings. The minimum atomic E-state index is -0.0649. The molecular formula is C15H18BrClN4O. The van der Waals surface area contributed by atoms with E-state index in [0.29, 0.717) is 5.56 Å². The van der Waals surface area contributed by atoms with E-state index >= 15 is 0 Å². The fourth-order valence-electron chi connectivity index (χ4n) is 2.44. The minimum absolute atomic E-state index is 0. The second kappa shape index (κ2) is 7.76. The lowest BCUT2D eigenvalue weighted by Gasteiger charge is -2.23. The predicted molar refractivity (Wildman–Crippen MR) is 91.9 cm³/mol. The summed E-state index contributed by atoms with van der Waals surface area (Å²) in [5.74, 6) is -0.0649. The van der Waals surface area contributed by atoms with Crippen molar-refractivity contribution in [3.63, 3.8) is 0 Å². The van der Waals surface area contributed by atoms with E-state index in [0.717, 1.165) is 36.1 Å². The Morgan fingerprint density at radius 1 is 1.45 bits per heavy atom. The Kier molecular flexibility index (Phi) is 5.99. The van der Waals surface area contributed by atoms with Crippen LogP contribution in [0.4, 0.5) is 0 Å². The number of aromatic nitrogens is 2. The molecule has 1 aliphatic heterocycles. The van der Waals surface area contributed by atoms with Gasteiger partial charge in [0.1, 0.15) is 0 Å². The summed E-state index contributed by atoms with van der Waals surface area (Å²) in [4.78, 5) is 12.2. The average Bonchev–Trinajstić information content (AvgIpc) is 2.98. The molecule has 0 aliphatic carbocycles. The molecule has 22 heavy (non-hydrogen) atoms. The quantitative estimate of drug-likeness (QED) is 0.853. The summed E-state index contributed by atoms with van der Waals surface area (Å²) in [6, 6.07) is 8.01. The first-order valence-corrected chi connectivity index (χ1v) is 7.84. The predicted octanol–water partition coefficient (Wildman–Crippen LogP) is 2.54. The lowest BCUT2D eigenvalue weighted by Crippen LogP contribution is -2.45. The number of nitrogens with zero attached hydrogens (tertiary/aromatic N) is 2. The van der Waals surface area contributed by atoms with Gasteiger partial charge in [-0.25, -0.2) is 4.68 Å². The highest BCUT2D eigenvalue weighted by Gasteiger charge is 2.17. The van der Waals surface area contributed by atoms with Gasteiger partial charge in [-0.1, -0.05) is 22.0 Å². The van der Waals surface area contributed by atoms with E-state index in [2.05, 4.69) is 31.7 Å². The van der Waals surface area contributed by atoms with Gasteiger partial charge in [-0.2, -0.15) is 5.10 Å². The molecular weight excluding hydrogens is 368 g/mol. The second-order valence-corrected chi connectivity index (χ2v) is 6.09. The Labute approximate surface area is 144 Å². The van der Waals surface area contributed by atoms with Crippen LogP contribution < -0.4 is 10.6 Å². The van der Waals surface area contributed by atoms with E-state index in [1.807, 2.05) is 24.3 Å². The molecule has 0 saturated carbocycles. The number of carbonyl (C=O) groups excluding carboxylic acids is 1. The molecule has 1 atom stereocenters. The van der Waals surface area contributed by atoms with Crippen LogP contribution in [0.3, 0.4) is 0 Å². The van der Waals surface area contributed by atoms with Crippen LogP contribution in [0.1, 0.15) is 23.2 Å². The van der Waals surface area contributed by atoms with E-state index < -0.39 is 0 Å². The van der Waals surface area contributed by atoms with Gasteiger partial charge < -0.3 is 10.6 Å². The van der Waals surface area contributed by atoms with Gasteiger partial charge in [0, 0.05) is 23.3 Å². The van der Waals surface area contributed by atoms with Gasteiger partial charge in [0.2, 0.25) is 0 Å². The molecule has 2 N–H and O–H groups in total. The van der Waals surface area contributed by atoms with Crippen LogP contribution >= 0.6 is 28.3 Å².